The first kappa shape index (κ1) is 22.3. The summed E-state index contributed by atoms with van der Waals surface area (Å²) in [6.07, 6.45) is 10.6. The van der Waals surface area contributed by atoms with E-state index in [0.29, 0.717) is 6.54 Å². The van der Waals surface area contributed by atoms with Gasteiger partial charge in [-0.15, -0.1) is 24.0 Å². The monoisotopic (exact) mass is 495 g/mol. The average molecular weight is 495 g/mol. The van der Waals surface area contributed by atoms with E-state index in [9.17, 15) is 0 Å². The van der Waals surface area contributed by atoms with Gasteiger partial charge in [-0.05, 0) is 62.4 Å². The van der Waals surface area contributed by atoms with Gasteiger partial charge in [-0.1, -0.05) is 11.6 Å². The molecule has 0 atom stereocenters. The molecule has 0 fully saturated rings. The Bertz CT molecular complexity index is 782. The molecule has 0 saturated heterocycles. The van der Waals surface area contributed by atoms with Crippen LogP contribution in [0, 0.1) is 0 Å². The molecule has 7 heteroatoms. The molecule has 0 aliphatic heterocycles. The molecule has 2 N–H and O–H groups in total. The third-order valence-corrected chi connectivity index (χ3v) is 4.77. The third-order valence-electron chi connectivity index (χ3n) is 4.77. The van der Waals surface area contributed by atoms with Crippen molar-refractivity contribution >= 4 is 29.9 Å². The molecule has 152 valence electrons. The minimum absolute atomic E-state index is 0. The SMILES string of the molecule is CN=C(NCCC1=CCCCC1)NCc1ccn(-c2ccc(OC)cc2)n1.I. The van der Waals surface area contributed by atoms with Crippen molar-refractivity contribution in [2.75, 3.05) is 20.7 Å². The van der Waals surface area contributed by atoms with Gasteiger partial charge in [-0.2, -0.15) is 5.10 Å². The number of nitrogens with one attached hydrogen (secondary N) is 2. The van der Waals surface area contributed by atoms with E-state index in [4.69, 9.17) is 4.74 Å². The Morgan fingerprint density at radius 1 is 1.18 bits per heavy atom. The lowest BCUT2D eigenvalue weighted by Crippen LogP contribution is -2.37. The van der Waals surface area contributed by atoms with Crippen LogP contribution >= 0.6 is 24.0 Å². The molecule has 0 amide bonds. The third kappa shape index (κ3) is 6.54. The van der Waals surface area contributed by atoms with E-state index in [2.05, 4.69) is 26.8 Å². The number of halogens is 1. The Labute approximate surface area is 184 Å². The quantitative estimate of drug-likeness (QED) is 0.263. The summed E-state index contributed by atoms with van der Waals surface area (Å²) in [5.74, 6) is 1.65. The van der Waals surface area contributed by atoms with E-state index in [1.807, 2.05) is 41.2 Å². The zero-order valence-corrected chi connectivity index (χ0v) is 19.0. The minimum atomic E-state index is 0. The molecule has 1 aliphatic carbocycles. The number of guanidine groups is 1. The molecule has 1 aromatic carbocycles. The molecule has 1 aliphatic rings. The molecule has 3 rings (SSSR count). The maximum atomic E-state index is 5.20. The van der Waals surface area contributed by atoms with Crippen molar-refractivity contribution in [2.45, 2.75) is 38.6 Å². The predicted molar refractivity (Wildman–Crippen MR) is 125 cm³/mol. The molecule has 0 bridgehead atoms. The maximum absolute atomic E-state index is 5.20. The van der Waals surface area contributed by atoms with Crippen molar-refractivity contribution in [3.63, 3.8) is 0 Å². The summed E-state index contributed by atoms with van der Waals surface area (Å²) in [5, 5.41) is 11.3. The number of methoxy groups -OCH3 is 1. The smallest absolute Gasteiger partial charge is 0.191 e. The Balaban J connectivity index is 0.00000280. The first-order chi connectivity index (χ1) is 13.3. The van der Waals surface area contributed by atoms with E-state index < -0.39 is 0 Å². The van der Waals surface area contributed by atoms with Crippen LogP contribution in [-0.4, -0.2) is 36.4 Å². The Hall–Kier alpha value is -2.03. The minimum Gasteiger partial charge on any atom is -0.497 e. The normalized spacial score (nSPS) is 14.1. The number of aromatic nitrogens is 2. The van der Waals surface area contributed by atoms with Crippen LogP contribution in [0.3, 0.4) is 0 Å². The van der Waals surface area contributed by atoms with E-state index >= 15 is 0 Å². The van der Waals surface area contributed by atoms with Crippen molar-refractivity contribution in [1.29, 1.82) is 0 Å². The van der Waals surface area contributed by atoms with Crippen LogP contribution in [0.5, 0.6) is 5.75 Å². The van der Waals surface area contributed by atoms with Gasteiger partial charge < -0.3 is 15.4 Å². The predicted octanol–water partition coefficient (Wildman–Crippen LogP) is 4.05. The van der Waals surface area contributed by atoms with Gasteiger partial charge in [0.1, 0.15) is 5.75 Å². The second-order valence-electron chi connectivity index (χ2n) is 6.66. The molecular formula is C21H30IN5O. The summed E-state index contributed by atoms with van der Waals surface area (Å²) in [6.45, 7) is 1.54. The molecule has 6 nitrogen and oxygen atoms in total. The summed E-state index contributed by atoms with van der Waals surface area (Å²) in [7, 11) is 3.46. The first-order valence-corrected chi connectivity index (χ1v) is 9.60. The average Bonchev–Trinajstić information content (AvgIpc) is 3.20. The fraction of sp³-hybridized carbons (Fsp3) is 0.429. The fourth-order valence-corrected chi connectivity index (χ4v) is 3.20. The number of benzene rings is 1. The van der Waals surface area contributed by atoms with Gasteiger partial charge in [0, 0.05) is 19.8 Å². The maximum Gasteiger partial charge on any atom is 0.191 e. The van der Waals surface area contributed by atoms with Gasteiger partial charge in [0.25, 0.3) is 0 Å². The van der Waals surface area contributed by atoms with Gasteiger partial charge >= 0.3 is 0 Å². The number of aliphatic imine (C=N–C) groups is 1. The number of rotatable bonds is 7. The zero-order valence-electron chi connectivity index (χ0n) is 16.6. The van der Waals surface area contributed by atoms with Crippen LogP contribution in [0.1, 0.15) is 37.8 Å². The summed E-state index contributed by atoms with van der Waals surface area (Å²) in [4.78, 5) is 4.30. The molecular weight excluding hydrogens is 465 g/mol. The molecule has 0 radical (unpaired) electrons. The van der Waals surface area contributed by atoms with Crippen LogP contribution in [0.25, 0.3) is 5.69 Å². The highest BCUT2D eigenvalue weighted by Gasteiger charge is 2.06. The van der Waals surface area contributed by atoms with Gasteiger partial charge in [-0.25, -0.2) is 4.68 Å². The van der Waals surface area contributed by atoms with E-state index in [1.165, 1.54) is 25.7 Å². The van der Waals surface area contributed by atoms with Gasteiger partial charge in [0.2, 0.25) is 0 Å². The van der Waals surface area contributed by atoms with Gasteiger partial charge in [0.15, 0.2) is 5.96 Å². The fourth-order valence-electron chi connectivity index (χ4n) is 3.20. The van der Waals surface area contributed by atoms with E-state index in [0.717, 1.165) is 36.1 Å². The van der Waals surface area contributed by atoms with Crippen molar-refractivity contribution in [1.82, 2.24) is 20.4 Å². The highest BCUT2D eigenvalue weighted by atomic mass is 127. The molecule has 28 heavy (non-hydrogen) atoms. The number of ether oxygens (including phenoxy) is 1. The molecule has 1 aromatic heterocycles. The largest absolute Gasteiger partial charge is 0.497 e. The molecule has 0 spiro atoms. The summed E-state index contributed by atoms with van der Waals surface area (Å²) in [6, 6.07) is 9.86. The molecule has 0 saturated carbocycles. The van der Waals surface area contributed by atoms with E-state index in [-0.39, 0.29) is 24.0 Å². The van der Waals surface area contributed by atoms with Crippen LogP contribution in [0.2, 0.25) is 0 Å². The van der Waals surface area contributed by atoms with Crippen molar-refractivity contribution < 1.29 is 4.74 Å². The highest BCUT2D eigenvalue weighted by Crippen LogP contribution is 2.19. The second kappa shape index (κ2) is 11.7. The lowest BCUT2D eigenvalue weighted by atomic mass is 9.97. The lowest BCUT2D eigenvalue weighted by molar-refractivity contribution is 0.414. The summed E-state index contributed by atoms with van der Waals surface area (Å²) in [5.41, 5.74) is 3.54. The van der Waals surface area contributed by atoms with Crippen LogP contribution in [0.15, 0.2) is 53.2 Å². The Kier molecular flexibility index (Phi) is 9.33. The van der Waals surface area contributed by atoms with Crippen LogP contribution in [0.4, 0.5) is 0 Å². The number of allylic oxidation sites excluding steroid dienone is 1. The number of hydrogen-bond acceptors (Lipinski definition) is 3. The molecule has 2 aromatic rings. The molecule has 1 heterocycles. The highest BCUT2D eigenvalue weighted by molar-refractivity contribution is 14.0. The number of nitrogens with zero attached hydrogens (tertiary/aromatic N) is 3. The van der Waals surface area contributed by atoms with Crippen LogP contribution in [-0.2, 0) is 6.54 Å². The standard InChI is InChI=1S/C21H29N5O.HI/c1-22-21(23-14-12-17-6-4-3-5-7-17)24-16-18-13-15-26(25-18)19-8-10-20(27-2)11-9-19;/h6,8-11,13,15H,3-5,7,12,14,16H2,1-2H3,(H2,22,23,24);1H. The van der Waals surface area contributed by atoms with Gasteiger partial charge in [-0.3, -0.25) is 4.99 Å². The van der Waals surface area contributed by atoms with Crippen LogP contribution < -0.4 is 15.4 Å². The first-order valence-electron chi connectivity index (χ1n) is 9.60. The Morgan fingerprint density at radius 3 is 2.68 bits per heavy atom. The zero-order chi connectivity index (χ0) is 18.9. The lowest BCUT2D eigenvalue weighted by Gasteiger charge is -2.14. The van der Waals surface area contributed by atoms with Crippen molar-refractivity contribution in [3.05, 3.63) is 53.9 Å². The summed E-state index contributed by atoms with van der Waals surface area (Å²) < 4.78 is 7.06. The van der Waals surface area contributed by atoms with Gasteiger partial charge in [0.05, 0.1) is 25.0 Å². The van der Waals surface area contributed by atoms with Crippen molar-refractivity contribution in [3.8, 4) is 11.4 Å². The molecule has 0 unspecified atom stereocenters. The Morgan fingerprint density at radius 2 is 2.00 bits per heavy atom. The van der Waals surface area contributed by atoms with Crippen molar-refractivity contribution in [2.24, 2.45) is 4.99 Å². The second-order valence-corrected chi connectivity index (χ2v) is 6.66. The summed E-state index contributed by atoms with van der Waals surface area (Å²) >= 11 is 0. The topological polar surface area (TPSA) is 63.5 Å². The number of hydrogen-bond donors (Lipinski definition) is 2. The van der Waals surface area contributed by atoms with E-state index in [1.54, 1.807) is 19.7 Å².